The summed E-state index contributed by atoms with van der Waals surface area (Å²) < 4.78 is 20.2. The summed E-state index contributed by atoms with van der Waals surface area (Å²) >= 11 is 0. The van der Waals surface area contributed by atoms with Crippen LogP contribution < -0.4 is 53.5 Å². The van der Waals surface area contributed by atoms with Crippen molar-refractivity contribution in [1.82, 2.24) is 53.5 Å². The molecule has 12 unspecified atom stereocenters. The largest absolute Gasteiger partial charge is 0.366 e. The molecule has 10 amide bonds. The van der Waals surface area contributed by atoms with Gasteiger partial charge in [-0.2, -0.15) is 0 Å². The molecule has 0 bridgehead atoms. The Labute approximate surface area is 424 Å². The van der Waals surface area contributed by atoms with Crippen molar-refractivity contribution in [3.8, 4) is 0 Å². The van der Waals surface area contributed by atoms with Crippen molar-refractivity contribution >= 4 is 59.1 Å². The standard InChI is InChI=1S/2C10H17N3O5.2C10H18N2O5.3CH4/c2*1-5-3-11-7(14)4-18-8(10(16)13-17)6(2)9(15)12-5;2*1-5-3-11-7(13)4-17-8(10(15)16)6(2)9(14)12-5;;;/h2*5-6,8,17H,3-4H2,1-2H3,(H,11,14)(H,12,15)(H,13,16);2*5-6,8,10,15-16H,3-4H2,1-2H3,(H,11,13)(H,12,14);3*1H4. The van der Waals surface area contributed by atoms with Crippen molar-refractivity contribution in [2.75, 3.05) is 52.6 Å². The fraction of sp³-hybridized carbons (Fsp3) is 0.767. The Morgan fingerprint density at radius 2 is 0.644 bits per heavy atom. The number of aliphatic hydroxyl groups excluding tert-OH is 2. The average molecular weight is 1060 g/mol. The number of hydroxylamine groups is 2. The van der Waals surface area contributed by atoms with Crippen molar-refractivity contribution in [3.63, 3.8) is 0 Å². The van der Waals surface area contributed by atoms with Crippen LogP contribution in [0.4, 0.5) is 0 Å². The summed E-state index contributed by atoms with van der Waals surface area (Å²) in [5, 5.41) is 74.4. The predicted octanol–water partition coefficient (Wildman–Crippen LogP) is -5.89. The molecule has 16 N–H and O–H groups in total. The Morgan fingerprint density at radius 1 is 0.425 bits per heavy atom. The van der Waals surface area contributed by atoms with E-state index in [0.717, 1.165) is 0 Å². The van der Waals surface area contributed by atoms with Gasteiger partial charge in [-0.05, 0) is 27.7 Å². The van der Waals surface area contributed by atoms with Gasteiger partial charge < -0.3 is 81.9 Å². The lowest BCUT2D eigenvalue weighted by atomic mass is 10.0. The van der Waals surface area contributed by atoms with Gasteiger partial charge in [-0.25, -0.2) is 11.0 Å². The summed E-state index contributed by atoms with van der Waals surface area (Å²) in [6.07, 6.45) is -8.29. The Bertz CT molecular complexity index is 1660. The summed E-state index contributed by atoms with van der Waals surface area (Å²) in [7, 11) is 0. The number of hydrogen-bond donors (Lipinski definition) is 16. The molecule has 12 atom stereocenters. The lowest BCUT2D eigenvalue weighted by Crippen LogP contribution is -2.52. The first kappa shape index (κ1) is 71.6. The zero-order valence-electron chi connectivity index (χ0n) is 40.1. The van der Waals surface area contributed by atoms with Crippen molar-refractivity contribution in [3.05, 3.63) is 0 Å². The van der Waals surface area contributed by atoms with Gasteiger partial charge >= 0.3 is 0 Å². The molecule has 0 radical (unpaired) electrons. The number of ether oxygens (including phenoxy) is 4. The molecule has 0 aromatic rings. The molecular weight excluding hydrogens is 977 g/mol. The highest BCUT2D eigenvalue weighted by Gasteiger charge is 2.36. The summed E-state index contributed by atoms with van der Waals surface area (Å²) in [4.78, 5) is 115. The smallest absolute Gasteiger partial charge is 0.273 e. The quantitative estimate of drug-likeness (QED) is 0.0708. The SMILES string of the molecule is C.C.C.CC1CNC(=O)COC(C(=O)NO)C(C)C(=O)N1.CC1CNC(=O)COC(C(=O)NO)C(C)C(=O)N1.CC1CNC(=O)COC(C(O)O)C(C)C(=O)N1.CC1CNC(=O)COC(C(O)O)C(C)C(=O)N1. The first-order valence-electron chi connectivity index (χ1n) is 22.1. The second-order valence-corrected chi connectivity index (χ2v) is 16.8. The molecule has 30 nitrogen and oxygen atoms in total. The minimum atomic E-state index is -1.81. The highest BCUT2D eigenvalue weighted by molar-refractivity contribution is 5.90. The monoisotopic (exact) mass is 1060 g/mol. The third kappa shape index (κ3) is 26.2. The van der Waals surface area contributed by atoms with Crippen molar-refractivity contribution < 1.29 is 97.7 Å². The van der Waals surface area contributed by atoms with Crippen LogP contribution in [0.1, 0.15) is 77.7 Å². The molecule has 0 aromatic heterocycles. The predicted molar refractivity (Wildman–Crippen MR) is 255 cm³/mol. The van der Waals surface area contributed by atoms with Gasteiger partial charge in [0.05, 0.1) is 23.7 Å². The van der Waals surface area contributed by atoms with Gasteiger partial charge in [0.15, 0.2) is 12.6 Å². The molecule has 4 fully saturated rings. The number of amides is 10. The van der Waals surface area contributed by atoms with Gasteiger partial charge in [0, 0.05) is 50.3 Å². The maximum absolute atomic E-state index is 11.8. The van der Waals surface area contributed by atoms with E-state index in [1.165, 1.54) is 38.7 Å². The van der Waals surface area contributed by atoms with Gasteiger partial charge in [-0.3, -0.25) is 58.4 Å². The first-order valence-corrected chi connectivity index (χ1v) is 22.1. The van der Waals surface area contributed by atoms with E-state index in [0.29, 0.717) is 13.1 Å². The van der Waals surface area contributed by atoms with Crippen LogP contribution in [0, 0.1) is 23.7 Å². The fourth-order valence-corrected chi connectivity index (χ4v) is 6.22. The van der Waals surface area contributed by atoms with Gasteiger partial charge in [0.25, 0.3) is 11.8 Å². The van der Waals surface area contributed by atoms with Crippen LogP contribution in [0.3, 0.4) is 0 Å². The Hall–Kier alpha value is -5.70. The van der Waals surface area contributed by atoms with Gasteiger partial charge in [-0.15, -0.1) is 0 Å². The number of nitrogens with one attached hydrogen (secondary N) is 10. The normalized spacial score (nSPS) is 29.7. The summed E-state index contributed by atoms with van der Waals surface area (Å²) in [6.45, 7) is 12.9. The molecule has 73 heavy (non-hydrogen) atoms. The van der Waals surface area contributed by atoms with Gasteiger partial charge in [0.2, 0.25) is 47.3 Å². The Morgan fingerprint density at radius 3 is 0.863 bits per heavy atom. The second-order valence-electron chi connectivity index (χ2n) is 16.8. The van der Waals surface area contributed by atoms with E-state index in [2.05, 4.69) is 42.5 Å². The highest BCUT2D eigenvalue weighted by Crippen LogP contribution is 2.15. The van der Waals surface area contributed by atoms with Gasteiger partial charge in [0.1, 0.15) is 50.8 Å². The van der Waals surface area contributed by atoms with Crippen molar-refractivity contribution in [1.29, 1.82) is 0 Å². The number of hydrogen-bond acceptors (Lipinski definition) is 20. The molecule has 0 aromatic carbocycles. The highest BCUT2D eigenvalue weighted by atomic mass is 16.6. The van der Waals surface area contributed by atoms with Crippen LogP contribution in [0.15, 0.2) is 0 Å². The summed E-state index contributed by atoms with van der Waals surface area (Å²) in [5.41, 5.74) is 2.84. The molecule has 4 aliphatic heterocycles. The molecule has 4 heterocycles. The molecule has 0 saturated carbocycles. The third-order valence-electron chi connectivity index (χ3n) is 10.5. The van der Waals surface area contributed by atoms with Crippen LogP contribution >= 0.6 is 0 Å². The summed E-state index contributed by atoms with van der Waals surface area (Å²) in [6, 6.07) is -0.938. The molecule has 4 rings (SSSR count). The first-order chi connectivity index (χ1) is 32.7. The number of carbonyl (C=O) groups is 10. The van der Waals surface area contributed by atoms with Crippen LogP contribution in [-0.4, -0.2) is 204 Å². The molecule has 0 aliphatic carbocycles. The fourth-order valence-electron chi connectivity index (χ4n) is 6.22. The Balaban J connectivity index is -0.000000883. The Kier molecular flexibility index (Phi) is 35.5. The van der Waals surface area contributed by atoms with E-state index in [9.17, 15) is 47.9 Å². The van der Waals surface area contributed by atoms with Crippen LogP contribution in [0.2, 0.25) is 0 Å². The number of aliphatic hydroxyl groups is 4. The van der Waals surface area contributed by atoms with E-state index in [1.54, 1.807) is 27.7 Å². The zero-order chi connectivity index (χ0) is 53.4. The average Bonchev–Trinajstić information content (AvgIpc) is 3.30. The molecule has 30 heteroatoms. The number of carbonyl (C=O) groups excluding carboxylic acids is 10. The van der Waals surface area contributed by atoms with Crippen LogP contribution in [0.25, 0.3) is 0 Å². The minimum Gasteiger partial charge on any atom is -0.366 e. The van der Waals surface area contributed by atoms with E-state index in [-0.39, 0.29) is 133 Å². The molecule has 4 saturated heterocycles. The van der Waals surface area contributed by atoms with E-state index >= 15 is 0 Å². The minimum absolute atomic E-state index is 0. The molecular formula is C43H82N10O20. The topological polar surface area (TPSA) is 449 Å². The van der Waals surface area contributed by atoms with E-state index < -0.39 is 72.5 Å². The lowest BCUT2D eigenvalue weighted by molar-refractivity contribution is -0.174. The van der Waals surface area contributed by atoms with Crippen LogP contribution in [0.5, 0.6) is 0 Å². The van der Waals surface area contributed by atoms with E-state index in [1.807, 2.05) is 0 Å². The van der Waals surface area contributed by atoms with Gasteiger partial charge in [-0.1, -0.05) is 50.0 Å². The maximum Gasteiger partial charge on any atom is 0.273 e. The van der Waals surface area contributed by atoms with Crippen molar-refractivity contribution in [2.24, 2.45) is 23.7 Å². The van der Waals surface area contributed by atoms with E-state index in [4.69, 9.17) is 49.8 Å². The summed E-state index contributed by atoms with van der Waals surface area (Å²) in [5.74, 6) is -7.78. The second kappa shape index (κ2) is 36.3. The zero-order valence-corrected chi connectivity index (χ0v) is 40.1. The van der Waals surface area contributed by atoms with Crippen molar-refractivity contribution in [2.45, 2.75) is 139 Å². The number of rotatable bonds is 4. The van der Waals surface area contributed by atoms with Crippen LogP contribution in [-0.2, 0) is 66.9 Å². The molecule has 424 valence electrons. The molecule has 0 spiro atoms. The maximum atomic E-state index is 11.8. The third-order valence-corrected chi connectivity index (χ3v) is 10.5. The molecule has 4 aliphatic rings. The lowest BCUT2D eigenvalue weighted by Gasteiger charge is -2.28.